The van der Waals surface area contributed by atoms with Gasteiger partial charge in [0.1, 0.15) is 11.5 Å². The average molecular weight is 343 g/mol. The van der Waals surface area contributed by atoms with Gasteiger partial charge in [-0.3, -0.25) is 4.79 Å². The fourth-order valence-corrected chi connectivity index (χ4v) is 2.76. The largest absolute Gasteiger partial charge is 0.497 e. The molecule has 0 saturated carbocycles. The van der Waals surface area contributed by atoms with Gasteiger partial charge in [0.25, 0.3) is 5.91 Å². The fourth-order valence-electron chi connectivity index (χ4n) is 2.47. The van der Waals surface area contributed by atoms with Gasteiger partial charge in [-0.2, -0.15) is 0 Å². The van der Waals surface area contributed by atoms with Crippen molar-refractivity contribution in [1.29, 1.82) is 0 Å². The summed E-state index contributed by atoms with van der Waals surface area (Å²) in [6.45, 7) is 0.252. The molecule has 6 nitrogen and oxygen atoms in total. The number of carbonyl (C=O) groups excluding carboxylic acids is 1. The van der Waals surface area contributed by atoms with E-state index in [1.54, 1.807) is 13.2 Å². The van der Waals surface area contributed by atoms with Gasteiger partial charge in [-0.25, -0.2) is 0 Å². The highest BCUT2D eigenvalue weighted by Crippen LogP contribution is 2.33. The molecule has 24 heavy (non-hydrogen) atoms. The third kappa shape index (κ3) is 3.26. The van der Waals surface area contributed by atoms with Crippen molar-refractivity contribution >= 4 is 34.6 Å². The summed E-state index contributed by atoms with van der Waals surface area (Å²) in [5.41, 5.74) is 6.98. The first-order chi connectivity index (χ1) is 11.6. The molecule has 3 N–H and O–H groups in total. The van der Waals surface area contributed by atoms with Crippen LogP contribution in [0.15, 0.2) is 48.5 Å². The quantitative estimate of drug-likeness (QED) is 0.832. The maximum absolute atomic E-state index is 11.6. The van der Waals surface area contributed by atoms with Crippen LogP contribution in [0.4, 0.5) is 11.4 Å². The highest BCUT2D eigenvalue weighted by molar-refractivity contribution is 7.80. The molecule has 3 rings (SSSR count). The number of primary amides is 1. The summed E-state index contributed by atoms with van der Waals surface area (Å²) in [6, 6.07) is 14.8. The maximum atomic E-state index is 11.6. The van der Waals surface area contributed by atoms with Crippen LogP contribution < -0.4 is 25.4 Å². The van der Waals surface area contributed by atoms with Crippen LogP contribution in [0.5, 0.6) is 11.5 Å². The Morgan fingerprint density at radius 2 is 2.12 bits per heavy atom. The lowest BCUT2D eigenvalue weighted by atomic mass is 10.2. The Balaban J connectivity index is 1.86. The number of fused-ring (bicyclic) bond motifs is 1. The molecule has 2 aromatic rings. The van der Waals surface area contributed by atoms with Crippen LogP contribution in [0.25, 0.3) is 0 Å². The number of nitrogens with zero attached hydrogens (tertiary/aromatic N) is 1. The van der Waals surface area contributed by atoms with Crippen molar-refractivity contribution in [2.75, 3.05) is 23.9 Å². The summed E-state index contributed by atoms with van der Waals surface area (Å²) in [6.07, 6.45) is -0.759. The summed E-state index contributed by atoms with van der Waals surface area (Å²) in [7, 11) is 1.60. The lowest BCUT2D eigenvalue weighted by Gasteiger charge is -2.35. The third-order valence-electron chi connectivity index (χ3n) is 3.66. The Morgan fingerprint density at radius 3 is 2.88 bits per heavy atom. The average Bonchev–Trinajstić information content (AvgIpc) is 2.60. The van der Waals surface area contributed by atoms with Gasteiger partial charge in [0.05, 0.1) is 19.3 Å². The van der Waals surface area contributed by atoms with Crippen molar-refractivity contribution in [3.63, 3.8) is 0 Å². The van der Waals surface area contributed by atoms with E-state index in [0.717, 1.165) is 17.1 Å². The highest BCUT2D eigenvalue weighted by atomic mass is 32.1. The minimum absolute atomic E-state index is 0.252. The van der Waals surface area contributed by atoms with Gasteiger partial charge in [0, 0.05) is 11.8 Å². The molecule has 1 atom stereocenters. The molecule has 0 aliphatic carbocycles. The molecule has 7 heteroatoms. The van der Waals surface area contributed by atoms with E-state index in [0.29, 0.717) is 10.9 Å². The number of thiocarbonyl (C=S) groups is 1. The van der Waals surface area contributed by atoms with Gasteiger partial charge in [-0.05, 0) is 36.5 Å². The number of carbonyl (C=O) groups is 1. The van der Waals surface area contributed by atoms with Gasteiger partial charge in [0.15, 0.2) is 11.2 Å². The van der Waals surface area contributed by atoms with Crippen molar-refractivity contribution in [3.05, 3.63) is 48.5 Å². The number of rotatable bonds is 3. The summed E-state index contributed by atoms with van der Waals surface area (Å²) >= 11 is 5.52. The molecule has 1 aliphatic rings. The number of hydrogen-bond acceptors (Lipinski definition) is 4. The normalized spacial score (nSPS) is 15.9. The van der Waals surface area contributed by atoms with Crippen molar-refractivity contribution in [3.8, 4) is 11.5 Å². The minimum atomic E-state index is -0.759. The highest BCUT2D eigenvalue weighted by Gasteiger charge is 2.31. The molecule has 124 valence electrons. The summed E-state index contributed by atoms with van der Waals surface area (Å²) in [4.78, 5) is 13.4. The molecule has 0 radical (unpaired) electrons. The molecular formula is C17H17N3O3S. The molecule has 1 amide bonds. The zero-order chi connectivity index (χ0) is 17.1. The SMILES string of the molecule is COc1cccc(NC(=S)N2CC(C(N)=O)Oc3ccccc32)c1. The second-order valence-electron chi connectivity index (χ2n) is 5.25. The first kappa shape index (κ1) is 16.1. The molecule has 1 unspecified atom stereocenters. The molecule has 0 spiro atoms. The van der Waals surface area contributed by atoms with Gasteiger partial charge in [-0.1, -0.05) is 18.2 Å². The predicted molar refractivity (Wildman–Crippen MR) is 96.6 cm³/mol. The van der Waals surface area contributed by atoms with Crippen LogP contribution >= 0.6 is 12.2 Å². The van der Waals surface area contributed by atoms with Crippen molar-refractivity contribution < 1.29 is 14.3 Å². The van der Waals surface area contributed by atoms with E-state index in [2.05, 4.69) is 5.32 Å². The molecule has 0 saturated heterocycles. The zero-order valence-electron chi connectivity index (χ0n) is 13.1. The topological polar surface area (TPSA) is 76.8 Å². The monoisotopic (exact) mass is 343 g/mol. The maximum Gasteiger partial charge on any atom is 0.260 e. The zero-order valence-corrected chi connectivity index (χ0v) is 13.9. The molecular weight excluding hydrogens is 326 g/mol. The standard InChI is InChI=1S/C17H17N3O3S/c1-22-12-6-4-5-11(9-12)19-17(24)20-10-15(16(18)21)23-14-8-3-2-7-13(14)20/h2-9,15H,10H2,1H3,(H2,18,21)(H,19,24). The predicted octanol–water partition coefficient (Wildman–Crippen LogP) is 2.14. The first-order valence-corrected chi connectivity index (χ1v) is 7.77. The number of hydrogen-bond donors (Lipinski definition) is 2. The van der Waals surface area contributed by atoms with Gasteiger partial charge in [-0.15, -0.1) is 0 Å². The van der Waals surface area contributed by atoms with Crippen LogP contribution in [0.3, 0.4) is 0 Å². The molecule has 1 aliphatic heterocycles. The van der Waals surface area contributed by atoms with E-state index in [9.17, 15) is 4.79 Å². The number of ether oxygens (including phenoxy) is 2. The van der Waals surface area contributed by atoms with Gasteiger partial charge in [0.2, 0.25) is 0 Å². The van der Waals surface area contributed by atoms with Crippen molar-refractivity contribution in [1.82, 2.24) is 0 Å². The summed E-state index contributed by atoms with van der Waals surface area (Å²) in [5, 5.41) is 3.61. The van der Waals surface area contributed by atoms with E-state index in [-0.39, 0.29) is 6.54 Å². The summed E-state index contributed by atoms with van der Waals surface area (Å²) < 4.78 is 10.8. The number of nitrogens with two attached hydrogens (primary N) is 1. The Hall–Kier alpha value is -2.80. The van der Waals surface area contributed by atoms with E-state index in [4.69, 9.17) is 27.4 Å². The molecule has 0 fully saturated rings. The van der Waals surface area contributed by atoms with Gasteiger partial charge < -0.3 is 25.4 Å². The smallest absolute Gasteiger partial charge is 0.260 e. The Bertz CT molecular complexity index is 781. The lowest BCUT2D eigenvalue weighted by molar-refractivity contribution is -0.124. The number of methoxy groups -OCH3 is 1. The summed E-state index contributed by atoms with van der Waals surface area (Å²) in [5.74, 6) is 0.765. The van der Waals surface area contributed by atoms with Crippen LogP contribution in [0.1, 0.15) is 0 Å². The number of anilines is 2. The Morgan fingerprint density at radius 1 is 1.33 bits per heavy atom. The van der Waals surface area contributed by atoms with Crippen LogP contribution in [-0.4, -0.2) is 30.8 Å². The van der Waals surface area contributed by atoms with Crippen molar-refractivity contribution in [2.45, 2.75) is 6.10 Å². The second kappa shape index (κ2) is 6.76. The van der Waals surface area contributed by atoms with Crippen LogP contribution in [0, 0.1) is 0 Å². The molecule has 2 aromatic carbocycles. The first-order valence-electron chi connectivity index (χ1n) is 7.36. The minimum Gasteiger partial charge on any atom is -0.497 e. The number of nitrogens with one attached hydrogen (secondary N) is 1. The fraction of sp³-hybridized carbons (Fsp3) is 0.176. The van der Waals surface area contributed by atoms with Gasteiger partial charge >= 0.3 is 0 Å². The number of amides is 1. The van der Waals surface area contributed by atoms with Crippen LogP contribution in [0.2, 0.25) is 0 Å². The number of para-hydroxylation sites is 2. The van der Waals surface area contributed by atoms with Crippen molar-refractivity contribution in [2.24, 2.45) is 5.73 Å². The Labute approximate surface area is 145 Å². The van der Waals surface area contributed by atoms with E-state index < -0.39 is 12.0 Å². The van der Waals surface area contributed by atoms with E-state index >= 15 is 0 Å². The van der Waals surface area contributed by atoms with Crippen LogP contribution in [-0.2, 0) is 4.79 Å². The number of benzene rings is 2. The second-order valence-corrected chi connectivity index (χ2v) is 5.64. The molecule has 0 bridgehead atoms. The third-order valence-corrected chi connectivity index (χ3v) is 3.98. The van der Waals surface area contributed by atoms with E-state index in [1.807, 2.05) is 47.4 Å². The lowest BCUT2D eigenvalue weighted by Crippen LogP contribution is -2.50. The Kier molecular flexibility index (Phi) is 4.52. The molecule has 1 heterocycles. The van der Waals surface area contributed by atoms with E-state index in [1.165, 1.54) is 0 Å². The molecule has 0 aromatic heterocycles.